The summed E-state index contributed by atoms with van der Waals surface area (Å²) in [5, 5.41) is 0. The van der Waals surface area contributed by atoms with Gasteiger partial charge in [0.25, 0.3) is 0 Å². The first-order valence-corrected chi connectivity index (χ1v) is 6.64. The first-order chi connectivity index (χ1) is 8.07. The van der Waals surface area contributed by atoms with Crippen molar-refractivity contribution in [2.45, 2.75) is 64.1 Å². The van der Waals surface area contributed by atoms with Crippen LogP contribution in [-0.2, 0) is 9.53 Å². The predicted octanol–water partition coefficient (Wildman–Crippen LogP) is 1.53. The van der Waals surface area contributed by atoms with Crippen LogP contribution < -0.4 is 5.73 Å². The van der Waals surface area contributed by atoms with Gasteiger partial charge in [0.1, 0.15) is 0 Å². The second kappa shape index (κ2) is 6.97. The summed E-state index contributed by atoms with van der Waals surface area (Å²) in [4.78, 5) is 14.3. The molecule has 0 aromatic rings. The number of likely N-dealkylation sites (tertiary alicyclic amines) is 1. The number of piperidine rings is 1. The van der Waals surface area contributed by atoms with Crippen molar-refractivity contribution in [3.8, 4) is 0 Å². The summed E-state index contributed by atoms with van der Waals surface area (Å²) in [6, 6.07) is 0.299. The topological polar surface area (TPSA) is 55.6 Å². The number of rotatable bonds is 5. The maximum Gasteiger partial charge on any atom is 0.239 e. The van der Waals surface area contributed by atoms with Crippen molar-refractivity contribution < 1.29 is 9.53 Å². The van der Waals surface area contributed by atoms with Gasteiger partial charge in [-0.3, -0.25) is 4.79 Å². The molecule has 4 nitrogen and oxygen atoms in total. The minimum Gasteiger partial charge on any atom is -0.385 e. The molecule has 0 bridgehead atoms. The van der Waals surface area contributed by atoms with Gasteiger partial charge in [-0.05, 0) is 46.0 Å². The Bertz CT molecular complexity index is 236. The summed E-state index contributed by atoms with van der Waals surface area (Å²) in [5.74, 6) is 0.112. The van der Waals surface area contributed by atoms with Gasteiger partial charge in [-0.25, -0.2) is 0 Å². The van der Waals surface area contributed by atoms with Crippen LogP contribution in [0.15, 0.2) is 0 Å². The third-order valence-electron chi connectivity index (χ3n) is 3.63. The molecular formula is C13H26N2O2. The zero-order valence-corrected chi connectivity index (χ0v) is 11.3. The number of nitrogens with zero attached hydrogens (tertiary/aromatic N) is 1. The smallest absolute Gasteiger partial charge is 0.239 e. The van der Waals surface area contributed by atoms with Crippen molar-refractivity contribution in [3.05, 3.63) is 0 Å². The van der Waals surface area contributed by atoms with Crippen LogP contribution in [0.1, 0.15) is 46.0 Å². The van der Waals surface area contributed by atoms with Gasteiger partial charge in [-0.2, -0.15) is 0 Å². The van der Waals surface area contributed by atoms with E-state index in [1.165, 1.54) is 6.42 Å². The number of methoxy groups -OCH3 is 1. The quantitative estimate of drug-likeness (QED) is 0.744. The summed E-state index contributed by atoms with van der Waals surface area (Å²) in [6.45, 7) is 4.91. The fourth-order valence-corrected chi connectivity index (χ4v) is 2.62. The normalized spacial score (nSPS) is 26.9. The fraction of sp³-hybridized carbons (Fsp3) is 0.923. The highest BCUT2D eigenvalue weighted by Gasteiger charge is 2.31. The highest BCUT2D eigenvalue weighted by molar-refractivity contribution is 5.82. The molecule has 17 heavy (non-hydrogen) atoms. The van der Waals surface area contributed by atoms with Crippen molar-refractivity contribution in [2.24, 2.45) is 5.73 Å². The molecule has 0 aromatic carbocycles. The average Bonchev–Trinajstić information content (AvgIpc) is 2.28. The van der Waals surface area contributed by atoms with Crippen LogP contribution in [0.3, 0.4) is 0 Å². The lowest BCUT2D eigenvalue weighted by molar-refractivity contribution is -0.138. The second-order valence-electron chi connectivity index (χ2n) is 5.12. The Morgan fingerprint density at radius 1 is 1.41 bits per heavy atom. The van der Waals surface area contributed by atoms with E-state index in [9.17, 15) is 4.79 Å². The molecule has 1 rings (SSSR count). The minimum absolute atomic E-state index is 0.112. The first kappa shape index (κ1) is 14.5. The Morgan fingerprint density at radius 3 is 2.53 bits per heavy atom. The lowest BCUT2D eigenvalue weighted by Gasteiger charge is -2.40. The van der Waals surface area contributed by atoms with Gasteiger partial charge >= 0.3 is 0 Å². The lowest BCUT2D eigenvalue weighted by atomic mass is 9.96. The van der Waals surface area contributed by atoms with Crippen molar-refractivity contribution in [1.29, 1.82) is 0 Å². The largest absolute Gasteiger partial charge is 0.385 e. The average molecular weight is 242 g/mol. The summed E-state index contributed by atoms with van der Waals surface area (Å²) < 4.78 is 4.98. The molecule has 1 saturated heterocycles. The van der Waals surface area contributed by atoms with Gasteiger partial charge in [-0.15, -0.1) is 0 Å². The maximum absolute atomic E-state index is 12.3. The molecule has 2 N–H and O–H groups in total. The Labute approximate surface area is 104 Å². The zero-order chi connectivity index (χ0) is 12.8. The molecule has 1 unspecified atom stereocenters. The van der Waals surface area contributed by atoms with E-state index < -0.39 is 0 Å². The van der Waals surface area contributed by atoms with Gasteiger partial charge in [0.05, 0.1) is 6.04 Å². The van der Waals surface area contributed by atoms with Crippen LogP contribution in [0.2, 0.25) is 0 Å². The summed E-state index contributed by atoms with van der Waals surface area (Å²) in [6.07, 6.45) is 4.97. The summed E-state index contributed by atoms with van der Waals surface area (Å²) in [7, 11) is 1.67. The Hall–Kier alpha value is -0.610. The van der Waals surface area contributed by atoms with Crippen LogP contribution >= 0.6 is 0 Å². The molecule has 100 valence electrons. The lowest BCUT2D eigenvalue weighted by Crippen LogP contribution is -2.53. The van der Waals surface area contributed by atoms with Gasteiger partial charge in [0.15, 0.2) is 0 Å². The second-order valence-corrected chi connectivity index (χ2v) is 5.12. The highest BCUT2D eigenvalue weighted by atomic mass is 16.5. The van der Waals surface area contributed by atoms with E-state index in [2.05, 4.69) is 13.8 Å². The number of hydrogen-bond acceptors (Lipinski definition) is 3. The maximum atomic E-state index is 12.3. The third-order valence-corrected chi connectivity index (χ3v) is 3.63. The predicted molar refractivity (Wildman–Crippen MR) is 68.7 cm³/mol. The van der Waals surface area contributed by atoms with Gasteiger partial charge in [-0.1, -0.05) is 0 Å². The van der Waals surface area contributed by atoms with E-state index >= 15 is 0 Å². The molecule has 0 aliphatic carbocycles. The zero-order valence-electron chi connectivity index (χ0n) is 11.3. The Morgan fingerprint density at radius 2 is 2.00 bits per heavy atom. The Balaban J connectivity index is 2.48. The molecule has 4 heteroatoms. The number of hydrogen-bond donors (Lipinski definition) is 1. The van der Waals surface area contributed by atoms with Crippen LogP contribution in [-0.4, -0.2) is 42.6 Å². The van der Waals surface area contributed by atoms with Gasteiger partial charge in [0, 0.05) is 25.8 Å². The van der Waals surface area contributed by atoms with Crippen LogP contribution in [0.5, 0.6) is 0 Å². The number of carbonyl (C=O) groups excluding carboxylic acids is 1. The summed E-state index contributed by atoms with van der Waals surface area (Å²) >= 11 is 0. The SMILES string of the molecule is COCCCC(N)C(=O)N1[C@H](C)CCC[C@@H]1C. The molecule has 0 saturated carbocycles. The summed E-state index contributed by atoms with van der Waals surface area (Å²) in [5.41, 5.74) is 5.97. The Kier molecular flexibility index (Phi) is 5.92. The van der Waals surface area contributed by atoms with E-state index in [0.29, 0.717) is 25.1 Å². The molecule has 1 fully saturated rings. The van der Waals surface area contributed by atoms with Crippen LogP contribution in [0.25, 0.3) is 0 Å². The number of carbonyl (C=O) groups is 1. The minimum atomic E-state index is -0.367. The fourth-order valence-electron chi connectivity index (χ4n) is 2.62. The first-order valence-electron chi connectivity index (χ1n) is 6.64. The number of ether oxygens (including phenoxy) is 1. The van der Waals surface area contributed by atoms with Crippen molar-refractivity contribution in [3.63, 3.8) is 0 Å². The van der Waals surface area contributed by atoms with E-state index in [0.717, 1.165) is 19.3 Å². The molecule has 1 heterocycles. The molecule has 1 amide bonds. The van der Waals surface area contributed by atoms with E-state index in [1.54, 1.807) is 7.11 Å². The number of amides is 1. The van der Waals surface area contributed by atoms with Crippen molar-refractivity contribution in [2.75, 3.05) is 13.7 Å². The highest BCUT2D eigenvalue weighted by Crippen LogP contribution is 2.23. The standard InChI is InChI=1S/C13H26N2O2/c1-10-6-4-7-11(2)15(10)13(16)12(14)8-5-9-17-3/h10-12H,4-9,14H2,1-3H3/t10-,11+,12?. The van der Waals surface area contributed by atoms with Crippen LogP contribution in [0, 0.1) is 0 Å². The molecular weight excluding hydrogens is 216 g/mol. The van der Waals surface area contributed by atoms with Crippen molar-refractivity contribution in [1.82, 2.24) is 4.90 Å². The molecule has 3 atom stereocenters. The molecule has 1 aliphatic rings. The van der Waals surface area contributed by atoms with Gasteiger partial charge in [0.2, 0.25) is 5.91 Å². The van der Waals surface area contributed by atoms with E-state index in [1.807, 2.05) is 4.90 Å². The van der Waals surface area contributed by atoms with E-state index in [-0.39, 0.29) is 11.9 Å². The van der Waals surface area contributed by atoms with Gasteiger partial charge < -0.3 is 15.4 Å². The number of nitrogens with two attached hydrogens (primary N) is 1. The molecule has 1 aliphatic heterocycles. The van der Waals surface area contributed by atoms with Crippen LogP contribution in [0.4, 0.5) is 0 Å². The monoisotopic (exact) mass is 242 g/mol. The van der Waals surface area contributed by atoms with Crippen molar-refractivity contribution >= 4 is 5.91 Å². The molecule has 0 spiro atoms. The molecule has 0 radical (unpaired) electrons. The van der Waals surface area contributed by atoms with E-state index in [4.69, 9.17) is 10.5 Å². The third kappa shape index (κ3) is 3.96. The molecule has 0 aromatic heterocycles.